The zero-order valence-electron chi connectivity index (χ0n) is 15.7. The maximum atomic E-state index is 12.7. The molecule has 0 aliphatic rings. The minimum Gasteiger partial charge on any atom is -0.394 e. The Hall–Kier alpha value is -2.89. The van der Waals surface area contributed by atoms with Crippen LogP contribution in [0.5, 0.6) is 11.5 Å². The second-order valence-electron chi connectivity index (χ2n) is 6.47. The summed E-state index contributed by atoms with van der Waals surface area (Å²) in [6.07, 6.45) is -0.797. The van der Waals surface area contributed by atoms with Gasteiger partial charge in [0, 0.05) is 20.1 Å². The molecule has 0 unspecified atom stereocenters. The van der Waals surface area contributed by atoms with Gasteiger partial charge in [0.25, 0.3) is 0 Å². The minimum absolute atomic E-state index is 0.424. The Labute approximate surface area is 191 Å². The molecule has 148 valence electrons. The van der Waals surface area contributed by atoms with Crippen molar-refractivity contribution in [2.24, 2.45) is 0 Å². The average Bonchev–Trinajstić information content (AvgIpc) is 2.77. The summed E-state index contributed by atoms with van der Waals surface area (Å²) >= 11 is 6.96. The molecular weight excluding hydrogens is 508 g/mol. The Morgan fingerprint density at radius 3 is 1.37 bits per heavy atom. The van der Waals surface area contributed by atoms with E-state index in [1.165, 1.54) is 0 Å². The lowest BCUT2D eigenvalue weighted by Gasteiger charge is -2.13. The van der Waals surface area contributed by atoms with Crippen LogP contribution in [0.3, 0.4) is 0 Å². The van der Waals surface area contributed by atoms with E-state index in [4.69, 9.17) is 9.47 Å². The van der Waals surface area contributed by atoms with E-state index >= 15 is 0 Å². The highest BCUT2D eigenvalue weighted by Gasteiger charge is 2.16. The molecule has 0 radical (unpaired) electrons. The maximum absolute atomic E-state index is 12.7. The molecule has 4 aromatic rings. The van der Waals surface area contributed by atoms with Crippen LogP contribution in [-0.2, 0) is 0 Å². The zero-order chi connectivity index (χ0) is 20.9. The first-order valence-electron chi connectivity index (χ1n) is 9.20. The second-order valence-corrected chi connectivity index (χ2v) is 8.30. The summed E-state index contributed by atoms with van der Waals surface area (Å²) in [5.74, 6) is 0.848. The molecule has 4 aromatic carbocycles. The first-order valence-corrected chi connectivity index (χ1v) is 10.8. The van der Waals surface area contributed by atoms with Crippen LogP contribution in [-0.4, -0.2) is 6.16 Å². The third-order valence-electron chi connectivity index (χ3n) is 4.44. The summed E-state index contributed by atoms with van der Waals surface area (Å²) in [4.78, 5) is 12.7. The highest BCUT2D eigenvalue weighted by molar-refractivity contribution is 9.10. The van der Waals surface area contributed by atoms with E-state index in [9.17, 15) is 4.79 Å². The molecule has 0 saturated heterocycles. The van der Waals surface area contributed by atoms with E-state index in [-0.39, 0.29) is 0 Å². The minimum atomic E-state index is -0.797. The molecule has 4 rings (SSSR count). The number of halogens is 2. The van der Waals surface area contributed by atoms with Gasteiger partial charge in [0.2, 0.25) is 0 Å². The van der Waals surface area contributed by atoms with Gasteiger partial charge in [-0.15, -0.1) is 0 Å². The number of carbonyl (C=O) groups is 1. The number of rotatable bonds is 4. The van der Waals surface area contributed by atoms with Gasteiger partial charge in [-0.3, -0.25) is 0 Å². The van der Waals surface area contributed by atoms with Gasteiger partial charge in [-0.05, 0) is 47.5 Å². The SMILES string of the molecule is O=C(Oc1ccc(Br)cc1-c1ccccc1)Oc1ccc(Br)cc1-c1ccccc1. The lowest BCUT2D eigenvalue weighted by atomic mass is 10.0. The Morgan fingerprint density at radius 1 is 0.567 bits per heavy atom. The number of hydrogen-bond donors (Lipinski definition) is 0. The van der Waals surface area contributed by atoms with E-state index in [1.807, 2.05) is 84.9 Å². The van der Waals surface area contributed by atoms with E-state index in [2.05, 4.69) is 31.9 Å². The summed E-state index contributed by atoms with van der Waals surface area (Å²) in [6, 6.07) is 30.4. The van der Waals surface area contributed by atoms with E-state index in [0.717, 1.165) is 31.2 Å². The van der Waals surface area contributed by atoms with Crippen LogP contribution in [0.4, 0.5) is 4.79 Å². The lowest BCUT2D eigenvalue weighted by molar-refractivity contribution is 0.152. The van der Waals surface area contributed by atoms with E-state index in [0.29, 0.717) is 11.5 Å². The van der Waals surface area contributed by atoms with Crippen LogP contribution >= 0.6 is 31.9 Å². The van der Waals surface area contributed by atoms with Crippen molar-refractivity contribution in [1.29, 1.82) is 0 Å². The van der Waals surface area contributed by atoms with Gasteiger partial charge >= 0.3 is 6.16 Å². The van der Waals surface area contributed by atoms with Crippen molar-refractivity contribution in [1.82, 2.24) is 0 Å². The van der Waals surface area contributed by atoms with Crippen molar-refractivity contribution < 1.29 is 14.3 Å². The average molecular weight is 524 g/mol. The third-order valence-corrected chi connectivity index (χ3v) is 5.43. The van der Waals surface area contributed by atoms with Crippen LogP contribution in [0.2, 0.25) is 0 Å². The Kier molecular flexibility index (Phi) is 6.31. The highest BCUT2D eigenvalue weighted by Crippen LogP contribution is 2.35. The van der Waals surface area contributed by atoms with Gasteiger partial charge < -0.3 is 9.47 Å². The predicted octanol–water partition coefficient (Wildman–Crippen LogP) is 8.12. The first kappa shape index (κ1) is 20.4. The number of benzene rings is 4. The Bertz CT molecular complexity index is 1080. The predicted molar refractivity (Wildman–Crippen MR) is 126 cm³/mol. The molecule has 0 atom stereocenters. The molecule has 0 aliphatic heterocycles. The van der Waals surface area contributed by atoms with Crippen LogP contribution in [0, 0.1) is 0 Å². The molecule has 0 N–H and O–H groups in total. The quantitative estimate of drug-likeness (QED) is 0.200. The topological polar surface area (TPSA) is 35.5 Å². The largest absolute Gasteiger partial charge is 0.519 e. The van der Waals surface area contributed by atoms with Gasteiger partial charge in [-0.2, -0.15) is 0 Å². The normalized spacial score (nSPS) is 10.5. The molecule has 0 bridgehead atoms. The molecule has 0 aromatic heterocycles. The van der Waals surface area contributed by atoms with Crippen molar-refractivity contribution in [2.45, 2.75) is 0 Å². The molecule has 30 heavy (non-hydrogen) atoms. The first-order chi connectivity index (χ1) is 14.6. The van der Waals surface area contributed by atoms with Crippen LogP contribution in [0.25, 0.3) is 22.3 Å². The molecule has 0 saturated carbocycles. The molecule has 5 heteroatoms. The number of ether oxygens (including phenoxy) is 2. The van der Waals surface area contributed by atoms with Crippen molar-refractivity contribution >= 4 is 38.0 Å². The maximum Gasteiger partial charge on any atom is 0.519 e. The lowest BCUT2D eigenvalue weighted by Crippen LogP contribution is -2.14. The standard InChI is InChI=1S/C25H16Br2O3/c26-19-11-13-23(21(15-19)17-7-3-1-4-8-17)29-25(28)30-24-14-12-20(27)16-22(24)18-9-5-2-6-10-18/h1-16H. The van der Waals surface area contributed by atoms with Gasteiger partial charge in [-0.25, -0.2) is 4.79 Å². The third kappa shape index (κ3) is 4.81. The fourth-order valence-corrected chi connectivity index (χ4v) is 3.79. The zero-order valence-corrected chi connectivity index (χ0v) is 18.9. The summed E-state index contributed by atoms with van der Waals surface area (Å²) < 4.78 is 13.0. The van der Waals surface area contributed by atoms with E-state index in [1.54, 1.807) is 12.1 Å². The number of carbonyl (C=O) groups excluding carboxylic acids is 1. The van der Waals surface area contributed by atoms with Gasteiger partial charge in [0.15, 0.2) is 0 Å². The summed E-state index contributed by atoms with van der Waals surface area (Å²) in [5, 5.41) is 0. The van der Waals surface area contributed by atoms with Crippen LogP contribution < -0.4 is 9.47 Å². The molecule has 0 heterocycles. The molecule has 0 amide bonds. The van der Waals surface area contributed by atoms with Crippen molar-refractivity contribution in [3.05, 3.63) is 106 Å². The Morgan fingerprint density at radius 2 is 0.967 bits per heavy atom. The fourth-order valence-electron chi connectivity index (χ4n) is 3.07. The molecule has 0 aliphatic carbocycles. The van der Waals surface area contributed by atoms with Gasteiger partial charge in [0.05, 0.1) is 0 Å². The summed E-state index contributed by atoms with van der Waals surface area (Å²) in [6.45, 7) is 0. The smallest absolute Gasteiger partial charge is 0.394 e. The monoisotopic (exact) mass is 522 g/mol. The summed E-state index contributed by atoms with van der Waals surface area (Å²) in [7, 11) is 0. The van der Waals surface area contributed by atoms with Crippen LogP contribution in [0.1, 0.15) is 0 Å². The molecule has 3 nitrogen and oxygen atoms in total. The molecule has 0 fully saturated rings. The molecular formula is C25H16Br2O3. The van der Waals surface area contributed by atoms with Crippen molar-refractivity contribution in [3.8, 4) is 33.8 Å². The van der Waals surface area contributed by atoms with Crippen molar-refractivity contribution in [2.75, 3.05) is 0 Å². The van der Waals surface area contributed by atoms with Gasteiger partial charge in [-0.1, -0.05) is 92.5 Å². The Balaban J connectivity index is 1.62. The van der Waals surface area contributed by atoms with Crippen LogP contribution in [0.15, 0.2) is 106 Å². The van der Waals surface area contributed by atoms with Crippen molar-refractivity contribution in [3.63, 3.8) is 0 Å². The van der Waals surface area contributed by atoms with E-state index < -0.39 is 6.16 Å². The van der Waals surface area contributed by atoms with Gasteiger partial charge in [0.1, 0.15) is 11.5 Å². The number of hydrogen-bond acceptors (Lipinski definition) is 3. The second kappa shape index (κ2) is 9.28. The fraction of sp³-hybridized carbons (Fsp3) is 0. The summed E-state index contributed by atoms with van der Waals surface area (Å²) in [5.41, 5.74) is 3.47. The molecule has 0 spiro atoms. The highest BCUT2D eigenvalue weighted by atomic mass is 79.9.